The quantitative estimate of drug-likeness (QED) is 0.873. The van der Waals surface area contributed by atoms with Crippen LogP contribution >= 0.6 is 0 Å². The molecule has 3 rings (SSSR count). The molecule has 98 valence electrons. The molecule has 2 atom stereocenters. The van der Waals surface area contributed by atoms with Crippen LogP contribution in [0.3, 0.4) is 0 Å². The smallest absolute Gasteiger partial charge is 0.357 e. The van der Waals surface area contributed by atoms with Crippen LogP contribution in [0.5, 0.6) is 0 Å². The molecule has 1 aromatic heterocycles. The first kappa shape index (κ1) is 11.6. The Morgan fingerprint density at radius 1 is 1.33 bits per heavy atom. The van der Waals surface area contributed by atoms with Crippen LogP contribution in [0, 0.1) is 5.92 Å². The molecule has 1 saturated carbocycles. The third kappa shape index (κ3) is 1.98. The molecule has 5 nitrogen and oxygen atoms in total. The van der Waals surface area contributed by atoms with Crippen molar-refractivity contribution in [3.63, 3.8) is 0 Å². The summed E-state index contributed by atoms with van der Waals surface area (Å²) in [6, 6.07) is 0.983. The maximum absolute atomic E-state index is 10.8. The standard InChI is InChI=1S/C13H18N2O3/c16-12(17)10-8-18-13(14-10)15-7-3-5-9-4-1-2-6-11(9)15/h8-9,11H,1-7H2,(H,16,17). The van der Waals surface area contributed by atoms with E-state index >= 15 is 0 Å². The highest BCUT2D eigenvalue weighted by atomic mass is 16.4. The van der Waals surface area contributed by atoms with Gasteiger partial charge in [-0.05, 0) is 31.6 Å². The number of hydrogen-bond donors (Lipinski definition) is 1. The van der Waals surface area contributed by atoms with E-state index in [-0.39, 0.29) is 5.69 Å². The van der Waals surface area contributed by atoms with Gasteiger partial charge in [0.15, 0.2) is 5.69 Å². The Kier molecular flexibility index (Phi) is 2.97. The predicted molar refractivity (Wildman–Crippen MR) is 65.8 cm³/mol. The summed E-state index contributed by atoms with van der Waals surface area (Å²) in [5, 5.41) is 8.89. The second kappa shape index (κ2) is 4.63. The number of hydrogen-bond acceptors (Lipinski definition) is 4. The fourth-order valence-electron chi connectivity index (χ4n) is 3.36. The molecule has 2 unspecified atom stereocenters. The van der Waals surface area contributed by atoms with Gasteiger partial charge in [0.2, 0.25) is 0 Å². The number of piperidine rings is 1. The minimum atomic E-state index is -1.03. The Morgan fingerprint density at radius 2 is 2.11 bits per heavy atom. The number of oxazole rings is 1. The number of carboxylic acid groups (broad SMARTS) is 1. The highest BCUT2D eigenvalue weighted by Crippen LogP contribution is 2.37. The van der Waals surface area contributed by atoms with Gasteiger partial charge in [-0.3, -0.25) is 0 Å². The van der Waals surface area contributed by atoms with Crippen molar-refractivity contribution in [1.29, 1.82) is 0 Å². The first-order valence-electron chi connectivity index (χ1n) is 6.71. The fourth-order valence-corrected chi connectivity index (χ4v) is 3.36. The maximum atomic E-state index is 10.8. The maximum Gasteiger partial charge on any atom is 0.357 e. The van der Waals surface area contributed by atoms with E-state index in [2.05, 4.69) is 9.88 Å². The normalized spacial score (nSPS) is 27.9. The summed E-state index contributed by atoms with van der Waals surface area (Å²) in [5.74, 6) is -0.296. The Labute approximate surface area is 106 Å². The van der Waals surface area contributed by atoms with E-state index in [4.69, 9.17) is 9.52 Å². The molecule has 1 N–H and O–H groups in total. The van der Waals surface area contributed by atoms with Crippen molar-refractivity contribution in [2.75, 3.05) is 11.4 Å². The second-order valence-corrected chi connectivity index (χ2v) is 5.27. The first-order chi connectivity index (χ1) is 8.75. The highest BCUT2D eigenvalue weighted by Gasteiger charge is 2.35. The average molecular weight is 250 g/mol. The molecule has 1 aliphatic heterocycles. The molecule has 2 aliphatic rings. The molecule has 0 bridgehead atoms. The van der Waals surface area contributed by atoms with Crippen molar-refractivity contribution in [2.24, 2.45) is 5.92 Å². The van der Waals surface area contributed by atoms with Gasteiger partial charge in [-0.25, -0.2) is 4.79 Å². The largest absolute Gasteiger partial charge is 0.476 e. The molecule has 0 spiro atoms. The zero-order valence-electron chi connectivity index (χ0n) is 10.3. The van der Waals surface area contributed by atoms with Crippen molar-refractivity contribution in [1.82, 2.24) is 4.98 Å². The molecule has 1 saturated heterocycles. The van der Waals surface area contributed by atoms with E-state index < -0.39 is 5.97 Å². The molecule has 2 fully saturated rings. The van der Waals surface area contributed by atoms with Crippen LogP contribution in [0.2, 0.25) is 0 Å². The molecular formula is C13H18N2O3. The summed E-state index contributed by atoms with van der Waals surface area (Å²) in [5.41, 5.74) is 0.00272. The van der Waals surface area contributed by atoms with Gasteiger partial charge >= 0.3 is 5.97 Å². The zero-order chi connectivity index (χ0) is 12.5. The molecule has 0 radical (unpaired) electrons. The third-order valence-corrected chi connectivity index (χ3v) is 4.20. The summed E-state index contributed by atoms with van der Waals surface area (Å²) >= 11 is 0. The van der Waals surface area contributed by atoms with Crippen molar-refractivity contribution in [3.05, 3.63) is 12.0 Å². The molecule has 18 heavy (non-hydrogen) atoms. The Hall–Kier alpha value is -1.52. The third-order valence-electron chi connectivity index (χ3n) is 4.20. The van der Waals surface area contributed by atoms with Crippen molar-refractivity contribution < 1.29 is 14.3 Å². The van der Waals surface area contributed by atoms with Crippen LogP contribution in [-0.2, 0) is 0 Å². The first-order valence-corrected chi connectivity index (χ1v) is 6.71. The number of rotatable bonds is 2. The predicted octanol–water partition coefficient (Wildman–Crippen LogP) is 2.53. The van der Waals surface area contributed by atoms with Crippen LogP contribution in [0.25, 0.3) is 0 Å². The number of carboxylic acids is 1. The number of carbonyl (C=O) groups is 1. The minimum Gasteiger partial charge on any atom is -0.476 e. The van der Waals surface area contributed by atoms with Crippen molar-refractivity contribution >= 4 is 12.0 Å². The zero-order valence-corrected chi connectivity index (χ0v) is 10.3. The lowest BCUT2D eigenvalue weighted by molar-refractivity contribution is 0.0690. The molecule has 1 aliphatic carbocycles. The second-order valence-electron chi connectivity index (χ2n) is 5.27. The van der Waals surface area contributed by atoms with Crippen LogP contribution < -0.4 is 4.90 Å². The minimum absolute atomic E-state index is 0.00272. The topological polar surface area (TPSA) is 66.6 Å². The van der Waals surface area contributed by atoms with Crippen LogP contribution in [0.4, 0.5) is 6.01 Å². The molecule has 0 aromatic carbocycles. The van der Waals surface area contributed by atoms with Gasteiger partial charge in [0, 0.05) is 12.6 Å². The summed E-state index contributed by atoms with van der Waals surface area (Å²) in [4.78, 5) is 17.1. The van der Waals surface area contributed by atoms with E-state index in [0.29, 0.717) is 12.1 Å². The Bertz CT molecular complexity index is 441. The van der Waals surface area contributed by atoms with Gasteiger partial charge in [-0.1, -0.05) is 12.8 Å². The van der Waals surface area contributed by atoms with E-state index in [9.17, 15) is 4.79 Å². The average Bonchev–Trinajstić information content (AvgIpc) is 2.87. The van der Waals surface area contributed by atoms with Crippen LogP contribution in [-0.4, -0.2) is 28.6 Å². The lowest BCUT2D eigenvalue weighted by Crippen LogP contribution is -2.47. The van der Waals surface area contributed by atoms with E-state index in [0.717, 1.165) is 18.9 Å². The molecule has 1 aromatic rings. The lowest BCUT2D eigenvalue weighted by atomic mass is 9.78. The Balaban J connectivity index is 1.82. The number of nitrogens with zero attached hydrogens (tertiary/aromatic N) is 2. The molecule has 5 heteroatoms. The summed E-state index contributed by atoms with van der Waals surface area (Å²) in [6.07, 6.45) is 8.71. The van der Waals surface area contributed by atoms with Crippen LogP contribution in [0.15, 0.2) is 10.7 Å². The van der Waals surface area contributed by atoms with E-state index in [1.165, 1.54) is 38.4 Å². The molecule has 2 heterocycles. The van der Waals surface area contributed by atoms with Gasteiger partial charge < -0.3 is 14.4 Å². The SMILES string of the molecule is O=C(O)c1coc(N2CCCC3CCCCC32)n1. The number of aromatic carboxylic acids is 1. The fraction of sp³-hybridized carbons (Fsp3) is 0.692. The number of fused-ring (bicyclic) bond motifs is 1. The van der Waals surface area contributed by atoms with E-state index in [1.807, 2.05) is 0 Å². The van der Waals surface area contributed by atoms with Gasteiger partial charge in [-0.2, -0.15) is 4.98 Å². The van der Waals surface area contributed by atoms with Crippen LogP contribution in [0.1, 0.15) is 49.0 Å². The molecule has 0 amide bonds. The van der Waals surface area contributed by atoms with Gasteiger partial charge in [-0.15, -0.1) is 0 Å². The Morgan fingerprint density at radius 3 is 2.89 bits per heavy atom. The number of anilines is 1. The van der Waals surface area contributed by atoms with Crippen molar-refractivity contribution in [2.45, 2.75) is 44.6 Å². The van der Waals surface area contributed by atoms with Gasteiger partial charge in [0.1, 0.15) is 6.26 Å². The lowest BCUT2D eigenvalue weighted by Gasteiger charge is -2.43. The summed E-state index contributed by atoms with van der Waals surface area (Å²) in [7, 11) is 0. The monoisotopic (exact) mass is 250 g/mol. The summed E-state index contributed by atoms with van der Waals surface area (Å²) < 4.78 is 5.35. The summed E-state index contributed by atoms with van der Waals surface area (Å²) in [6.45, 7) is 0.931. The molecular weight excluding hydrogens is 232 g/mol. The highest BCUT2D eigenvalue weighted by molar-refractivity contribution is 5.85. The van der Waals surface area contributed by atoms with Gasteiger partial charge in [0.05, 0.1) is 0 Å². The van der Waals surface area contributed by atoms with Crippen molar-refractivity contribution in [3.8, 4) is 0 Å². The van der Waals surface area contributed by atoms with Gasteiger partial charge in [0.25, 0.3) is 6.01 Å². The number of aromatic nitrogens is 1. The van der Waals surface area contributed by atoms with E-state index in [1.54, 1.807) is 0 Å².